The number of ketones is 2. The Balaban J connectivity index is 1.50. The lowest BCUT2D eigenvalue weighted by Crippen LogP contribution is -2.49. The highest BCUT2D eigenvalue weighted by atomic mass is 16.6. The second-order valence-corrected chi connectivity index (χ2v) is 11.6. The maximum atomic E-state index is 14.9. The first-order valence-corrected chi connectivity index (χ1v) is 14.7. The molecule has 44 heavy (non-hydrogen) atoms. The van der Waals surface area contributed by atoms with Crippen molar-refractivity contribution in [1.29, 1.82) is 0 Å². The van der Waals surface area contributed by atoms with Crippen LogP contribution in [-0.2, 0) is 16.6 Å². The van der Waals surface area contributed by atoms with Crippen molar-refractivity contribution in [2.45, 2.75) is 37.3 Å². The first-order chi connectivity index (χ1) is 21.4. The van der Waals surface area contributed by atoms with Gasteiger partial charge in [-0.2, -0.15) is 0 Å². The number of non-ortho nitro benzene ring substituents is 1. The Kier molecular flexibility index (Phi) is 6.50. The molecule has 1 saturated heterocycles. The van der Waals surface area contributed by atoms with Gasteiger partial charge in [-0.15, -0.1) is 0 Å². The number of hydrogen-bond acceptors (Lipinski definition) is 6. The number of Topliss-reactive ketones (excluding diaryl/α,β-unsaturated/α-hetero) is 2. The second-order valence-electron chi connectivity index (χ2n) is 11.6. The quantitative estimate of drug-likeness (QED) is 0.151. The van der Waals surface area contributed by atoms with Crippen LogP contribution in [0.4, 0.5) is 11.4 Å². The summed E-state index contributed by atoms with van der Waals surface area (Å²) in [6.45, 7) is 2.09. The smallest absolute Gasteiger partial charge is 0.270 e. The summed E-state index contributed by atoms with van der Waals surface area (Å²) in [5.74, 6) is -2.29. The summed E-state index contributed by atoms with van der Waals surface area (Å²) in [5.41, 5.74) is 2.89. The summed E-state index contributed by atoms with van der Waals surface area (Å²) in [5, 5.41) is 14.7. The van der Waals surface area contributed by atoms with Gasteiger partial charge in [0.1, 0.15) is 11.5 Å². The first kappa shape index (κ1) is 27.5. The van der Waals surface area contributed by atoms with Crippen LogP contribution in [0.2, 0.25) is 0 Å². The van der Waals surface area contributed by atoms with E-state index in [2.05, 4.69) is 12.2 Å². The van der Waals surface area contributed by atoms with Crippen LogP contribution >= 0.6 is 0 Å². The molecule has 218 valence electrons. The number of benzene rings is 4. The van der Waals surface area contributed by atoms with Crippen molar-refractivity contribution in [2.24, 2.45) is 5.92 Å². The molecule has 4 aromatic rings. The van der Waals surface area contributed by atoms with Gasteiger partial charge in [0.15, 0.2) is 11.6 Å². The van der Waals surface area contributed by atoms with Gasteiger partial charge in [-0.25, -0.2) is 0 Å². The highest BCUT2D eigenvalue weighted by Gasteiger charge is 2.70. The van der Waals surface area contributed by atoms with Crippen molar-refractivity contribution < 1.29 is 19.3 Å². The van der Waals surface area contributed by atoms with Crippen LogP contribution < -0.4 is 5.32 Å². The lowest BCUT2D eigenvalue weighted by Gasteiger charge is -2.38. The minimum Gasteiger partial charge on any atom is -0.358 e. The van der Waals surface area contributed by atoms with Crippen molar-refractivity contribution in [3.63, 3.8) is 0 Å². The SMILES string of the molecule is CCCc1ccc(C(=O)[C@@H]2[C@@H](C(=O)c3cccc([N+](=O)[O-])c3)N3C=Cc4ccccc4[C@@H]3[C@]23C(=O)Nc2ccccc23)cc1. The minimum absolute atomic E-state index is 0.107. The predicted molar refractivity (Wildman–Crippen MR) is 166 cm³/mol. The summed E-state index contributed by atoms with van der Waals surface area (Å²) in [7, 11) is 0. The van der Waals surface area contributed by atoms with Gasteiger partial charge in [-0.05, 0) is 40.8 Å². The molecular weight excluding hydrogens is 554 g/mol. The number of rotatable bonds is 7. The molecular formula is C36H29N3O5. The van der Waals surface area contributed by atoms with Crippen LogP contribution in [0.5, 0.6) is 0 Å². The molecule has 1 spiro atoms. The van der Waals surface area contributed by atoms with E-state index in [1.54, 1.807) is 18.3 Å². The Labute approximate surface area is 254 Å². The molecule has 8 heteroatoms. The third-order valence-corrected chi connectivity index (χ3v) is 9.24. The third-order valence-electron chi connectivity index (χ3n) is 9.24. The van der Waals surface area contributed by atoms with E-state index < -0.39 is 34.1 Å². The zero-order valence-corrected chi connectivity index (χ0v) is 24.0. The van der Waals surface area contributed by atoms with Crippen LogP contribution in [0.3, 0.4) is 0 Å². The van der Waals surface area contributed by atoms with Gasteiger partial charge in [0.25, 0.3) is 5.69 Å². The normalized spacial score (nSPS) is 22.7. The number of nitrogens with one attached hydrogen (secondary N) is 1. The highest BCUT2D eigenvalue weighted by Crippen LogP contribution is 2.62. The van der Waals surface area contributed by atoms with Crippen molar-refractivity contribution in [3.05, 3.63) is 147 Å². The molecule has 4 atom stereocenters. The van der Waals surface area contributed by atoms with Gasteiger partial charge in [0.2, 0.25) is 5.91 Å². The molecule has 0 aliphatic carbocycles. The summed E-state index contributed by atoms with van der Waals surface area (Å²) < 4.78 is 0. The number of nitro groups is 1. The summed E-state index contributed by atoms with van der Waals surface area (Å²) >= 11 is 0. The van der Waals surface area contributed by atoms with Crippen LogP contribution in [0, 0.1) is 16.0 Å². The highest BCUT2D eigenvalue weighted by molar-refractivity contribution is 6.16. The Morgan fingerprint density at radius 2 is 1.66 bits per heavy atom. The molecule has 0 aromatic heterocycles. The first-order valence-electron chi connectivity index (χ1n) is 14.7. The second kappa shape index (κ2) is 10.4. The summed E-state index contributed by atoms with van der Waals surface area (Å²) in [4.78, 5) is 57.0. The van der Waals surface area contributed by atoms with Crippen molar-refractivity contribution >= 4 is 34.9 Å². The Hall–Kier alpha value is -5.37. The van der Waals surface area contributed by atoms with E-state index >= 15 is 0 Å². The molecule has 0 saturated carbocycles. The fourth-order valence-electron chi connectivity index (χ4n) is 7.42. The fraction of sp³-hybridized carbons (Fsp3) is 0.194. The molecule has 0 bridgehead atoms. The number of anilines is 1. The molecule has 1 fully saturated rings. The molecule has 0 radical (unpaired) electrons. The Morgan fingerprint density at radius 1 is 0.909 bits per heavy atom. The topological polar surface area (TPSA) is 110 Å². The lowest BCUT2D eigenvalue weighted by atomic mass is 9.62. The van der Waals surface area contributed by atoms with Crippen LogP contribution in [0.25, 0.3) is 6.08 Å². The van der Waals surface area contributed by atoms with Crippen molar-refractivity contribution in [2.75, 3.05) is 5.32 Å². The lowest BCUT2D eigenvalue weighted by molar-refractivity contribution is -0.384. The maximum absolute atomic E-state index is 14.9. The van der Waals surface area contributed by atoms with Crippen LogP contribution in [0.1, 0.15) is 62.4 Å². The Bertz CT molecular complexity index is 1880. The van der Waals surface area contributed by atoms with Gasteiger partial charge < -0.3 is 10.2 Å². The van der Waals surface area contributed by atoms with E-state index in [1.165, 1.54) is 24.3 Å². The number of carbonyl (C=O) groups excluding carboxylic acids is 3. The third kappa shape index (κ3) is 3.94. The molecule has 0 unspecified atom stereocenters. The average Bonchev–Trinajstić information content (AvgIpc) is 3.53. The predicted octanol–water partition coefficient (Wildman–Crippen LogP) is 6.53. The van der Waals surface area contributed by atoms with Gasteiger partial charge in [-0.1, -0.05) is 92.2 Å². The van der Waals surface area contributed by atoms with Gasteiger partial charge >= 0.3 is 0 Å². The number of amides is 1. The van der Waals surface area contributed by atoms with Gasteiger partial charge in [0, 0.05) is 35.1 Å². The molecule has 1 amide bonds. The zero-order chi connectivity index (χ0) is 30.6. The molecule has 8 nitrogen and oxygen atoms in total. The van der Waals surface area contributed by atoms with E-state index in [-0.39, 0.29) is 22.9 Å². The average molecular weight is 584 g/mol. The number of hydrogen-bond donors (Lipinski definition) is 1. The molecule has 3 heterocycles. The number of fused-ring (bicyclic) bond motifs is 6. The van der Waals surface area contributed by atoms with Gasteiger partial charge in [-0.3, -0.25) is 24.5 Å². The molecule has 1 N–H and O–H groups in total. The number of aryl methyl sites for hydroxylation is 1. The number of nitro benzene ring substituents is 1. The van der Waals surface area contributed by atoms with E-state index in [0.717, 1.165) is 29.5 Å². The maximum Gasteiger partial charge on any atom is 0.270 e. The fourth-order valence-corrected chi connectivity index (χ4v) is 7.42. The largest absolute Gasteiger partial charge is 0.358 e. The summed E-state index contributed by atoms with van der Waals surface area (Å²) in [6, 6.07) is 26.2. The number of nitrogens with zero attached hydrogens (tertiary/aromatic N) is 2. The van der Waals surface area contributed by atoms with Gasteiger partial charge in [0.05, 0.1) is 16.9 Å². The van der Waals surface area contributed by atoms with Crippen LogP contribution in [0.15, 0.2) is 103 Å². The molecule has 4 aromatic carbocycles. The minimum atomic E-state index is -1.46. The number of para-hydroxylation sites is 1. The standard InChI is InChI=1S/C36H29N3O5/c1-2-8-22-15-17-24(18-16-22)32(40)30-31(33(41)25-10-7-11-26(21-25)39(43)44)38-20-19-23-9-3-4-12-27(23)34(38)36(30)28-13-5-6-14-29(28)37-35(36)42/h3-7,9-21,30-31,34H,2,8H2,1H3,(H,37,42)/t30-,31-,34+,36+/m0/s1. The summed E-state index contributed by atoms with van der Waals surface area (Å²) in [6.07, 6.45) is 5.50. The van der Waals surface area contributed by atoms with E-state index in [1.807, 2.05) is 71.6 Å². The van der Waals surface area contributed by atoms with E-state index in [4.69, 9.17) is 0 Å². The Morgan fingerprint density at radius 3 is 2.43 bits per heavy atom. The molecule has 7 rings (SSSR count). The van der Waals surface area contributed by atoms with Crippen molar-refractivity contribution in [3.8, 4) is 0 Å². The molecule has 3 aliphatic heterocycles. The van der Waals surface area contributed by atoms with E-state index in [9.17, 15) is 24.5 Å². The zero-order valence-electron chi connectivity index (χ0n) is 24.0. The van der Waals surface area contributed by atoms with Crippen LogP contribution in [-0.4, -0.2) is 33.3 Å². The number of carbonyl (C=O) groups is 3. The molecule has 3 aliphatic rings. The van der Waals surface area contributed by atoms with Crippen molar-refractivity contribution in [1.82, 2.24) is 4.90 Å². The monoisotopic (exact) mass is 583 g/mol. The van der Waals surface area contributed by atoms with E-state index in [0.29, 0.717) is 16.8 Å².